The lowest BCUT2D eigenvalue weighted by Gasteiger charge is -2.04. The summed E-state index contributed by atoms with van der Waals surface area (Å²) in [5.41, 5.74) is -0.0382. The summed E-state index contributed by atoms with van der Waals surface area (Å²) in [7, 11) is -3.63. The van der Waals surface area contributed by atoms with E-state index >= 15 is 0 Å². The third-order valence-electron chi connectivity index (χ3n) is 2.67. The standard InChI is InChI=1S/C10H12N2O4S/c1-6-4-8(6)12-17(15,16)9-3-2-7(5-11-9)10(13)14/h2-3,5-6,8,12H,4H2,1H3,(H,13,14). The van der Waals surface area contributed by atoms with Crippen molar-refractivity contribution < 1.29 is 18.3 Å². The van der Waals surface area contributed by atoms with Crippen molar-refractivity contribution in [2.45, 2.75) is 24.4 Å². The van der Waals surface area contributed by atoms with Crippen LogP contribution in [0.15, 0.2) is 23.4 Å². The molecule has 6 nitrogen and oxygen atoms in total. The monoisotopic (exact) mass is 256 g/mol. The SMILES string of the molecule is CC1CC1NS(=O)(=O)c1ccc(C(=O)O)cn1. The molecule has 17 heavy (non-hydrogen) atoms. The number of aromatic nitrogens is 1. The Bertz CT molecular complexity index is 538. The van der Waals surface area contributed by atoms with Crippen LogP contribution in [0.1, 0.15) is 23.7 Å². The highest BCUT2D eigenvalue weighted by Gasteiger charge is 2.36. The van der Waals surface area contributed by atoms with Crippen molar-refractivity contribution in [3.05, 3.63) is 23.9 Å². The van der Waals surface area contributed by atoms with Crippen LogP contribution in [-0.4, -0.2) is 30.5 Å². The lowest BCUT2D eigenvalue weighted by Crippen LogP contribution is -2.27. The molecule has 2 N–H and O–H groups in total. The van der Waals surface area contributed by atoms with Gasteiger partial charge in [0.25, 0.3) is 10.0 Å². The fourth-order valence-corrected chi connectivity index (χ4v) is 2.70. The van der Waals surface area contributed by atoms with Gasteiger partial charge in [-0.2, -0.15) is 0 Å². The Kier molecular flexibility index (Phi) is 2.88. The molecule has 0 aromatic carbocycles. The van der Waals surface area contributed by atoms with E-state index in [9.17, 15) is 13.2 Å². The summed E-state index contributed by atoms with van der Waals surface area (Å²) in [5.74, 6) is -0.784. The summed E-state index contributed by atoms with van der Waals surface area (Å²) in [5, 5.41) is 8.51. The van der Waals surface area contributed by atoms with Crippen LogP contribution in [0.3, 0.4) is 0 Å². The van der Waals surface area contributed by atoms with Crippen molar-refractivity contribution in [3.8, 4) is 0 Å². The molecule has 1 aliphatic carbocycles. The first kappa shape index (κ1) is 12.0. The molecule has 1 aromatic heterocycles. The van der Waals surface area contributed by atoms with Crippen LogP contribution < -0.4 is 4.72 Å². The molecule has 1 saturated carbocycles. The van der Waals surface area contributed by atoms with Crippen molar-refractivity contribution in [3.63, 3.8) is 0 Å². The lowest BCUT2D eigenvalue weighted by molar-refractivity contribution is 0.0696. The Hall–Kier alpha value is -1.47. The van der Waals surface area contributed by atoms with E-state index in [0.717, 1.165) is 12.6 Å². The van der Waals surface area contributed by atoms with Gasteiger partial charge in [-0.1, -0.05) is 6.92 Å². The Morgan fingerprint density at radius 3 is 2.59 bits per heavy atom. The zero-order chi connectivity index (χ0) is 12.6. The van der Waals surface area contributed by atoms with Crippen molar-refractivity contribution >= 4 is 16.0 Å². The van der Waals surface area contributed by atoms with Crippen LogP contribution in [0, 0.1) is 5.92 Å². The van der Waals surface area contributed by atoms with Gasteiger partial charge in [-0.15, -0.1) is 0 Å². The number of aromatic carboxylic acids is 1. The average Bonchev–Trinajstić information content (AvgIpc) is 2.93. The number of rotatable bonds is 4. The first-order chi connectivity index (χ1) is 7.90. The Balaban J connectivity index is 2.18. The number of carbonyl (C=O) groups is 1. The van der Waals surface area contributed by atoms with Gasteiger partial charge in [0, 0.05) is 12.2 Å². The van der Waals surface area contributed by atoms with Gasteiger partial charge in [-0.25, -0.2) is 22.9 Å². The van der Waals surface area contributed by atoms with Crippen LogP contribution >= 0.6 is 0 Å². The van der Waals surface area contributed by atoms with Gasteiger partial charge in [0.1, 0.15) is 0 Å². The third kappa shape index (κ3) is 2.62. The summed E-state index contributed by atoms with van der Waals surface area (Å²) in [6.45, 7) is 1.95. The van der Waals surface area contributed by atoms with E-state index in [4.69, 9.17) is 5.11 Å². The second-order valence-corrected chi connectivity index (χ2v) is 5.79. The molecule has 0 spiro atoms. The second kappa shape index (κ2) is 4.08. The molecule has 0 saturated heterocycles. The predicted molar refractivity (Wildman–Crippen MR) is 59.1 cm³/mol. The van der Waals surface area contributed by atoms with Gasteiger partial charge in [-0.05, 0) is 24.5 Å². The quantitative estimate of drug-likeness (QED) is 0.816. The molecule has 1 heterocycles. The summed E-state index contributed by atoms with van der Waals surface area (Å²) < 4.78 is 26.1. The first-order valence-corrected chi connectivity index (χ1v) is 6.60. The maximum atomic E-state index is 11.8. The van der Waals surface area contributed by atoms with E-state index in [0.29, 0.717) is 5.92 Å². The average molecular weight is 256 g/mol. The van der Waals surface area contributed by atoms with Crippen LogP contribution in [0.2, 0.25) is 0 Å². The molecule has 1 aromatic rings. The molecule has 1 fully saturated rings. The summed E-state index contributed by atoms with van der Waals surface area (Å²) >= 11 is 0. The molecule has 2 unspecified atom stereocenters. The molecule has 2 atom stereocenters. The predicted octanol–water partition coefficient (Wildman–Crippen LogP) is 0.467. The van der Waals surface area contributed by atoms with E-state index in [1.165, 1.54) is 12.1 Å². The Morgan fingerprint density at radius 2 is 2.18 bits per heavy atom. The number of carboxylic acid groups (broad SMARTS) is 1. The topological polar surface area (TPSA) is 96.4 Å². The van der Waals surface area contributed by atoms with Crippen molar-refractivity contribution in [1.82, 2.24) is 9.71 Å². The van der Waals surface area contributed by atoms with Gasteiger partial charge >= 0.3 is 5.97 Å². The number of hydrogen-bond donors (Lipinski definition) is 2. The van der Waals surface area contributed by atoms with E-state index < -0.39 is 16.0 Å². The molecule has 1 aliphatic rings. The van der Waals surface area contributed by atoms with Crippen LogP contribution in [0.4, 0.5) is 0 Å². The maximum absolute atomic E-state index is 11.8. The van der Waals surface area contributed by atoms with E-state index in [1.807, 2.05) is 6.92 Å². The van der Waals surface area contributed by atoms with Gasteiger partial charge in [0.2, 0.25) is 0 Å². The van der Waals surface area contributed by atoms with Crippen LogP contribution in [-0.2, 0) is 10.0 Å². The summed E-state index contributed by atoms with van der Waals surface area (Å²) in [6.07, 6.45) is 1.86. The van der Waals surface area contributed by atoms with Gasteiger partial charge < -0.3 is 5.11 Å². The van der Waals surface area contributed by atoms with Crippen LogP contribution in [0.25, 0.3) is 0 Å². The minimum Gasteiger partial charge on any atom is -0.478 e. The fourth-order valence-electron chi connectivity index (χ4n) is 1.41. The minimum atomic E-state index is -3.63. The van der Waals surface area contributed by atoms with E-state index in [1.54, 1.807) is 0 Å². The number of sulfonamides is 1. The normalized spacial score (nSPS) is 23.4. The largest absolute Gasteiger partial charge is 0.478 e. The number of nitrogens with zero attached hydrogens (tertiary/aromatic N) is 1. The number of pyridine rings is 1. The highest BCUT2D eigenvalue weighted by Crippen LogP contribution is 2.30. The van der Waals surface area contributed by atoms with Gasteiger partial charge in [0.05, 0.1) is 5.56 Å². The molecule has 0 radical (unpaired) electrons. The number of hydrogen-bond acceptors (Lipinski definition) is 4. The number of nitrogens with one attached hydrogen (secondary N) is 1. The van der Waals surface area contributed by atoms with Crippen molar-refractivity contribution in [2.75, 3.05) is 0 Å². The highest BCUT2D eigenvalue weighted by atomic mass is 32.2. The smallest absolute Gasteiger partial charge is 0.337 e. The molecule has 0 bridgehead atoms. The highest BCUT2D eigenvalue weighted by molar-refractivity contribution is 7.89. The maximum Gasteiger partial charge on any atom is 0.337 e. The molecule has 7 heteroatoms. The second-order valence-electron chi connectivity index (χ2n) is 4.13. The lowest BCUT2D eigenvalue weighted by atomic mass is 10.3. The minimum absolute atomic E-state index is 0.0269. The molecular formula is C10H12N2O4S. The summed E-state index contributed by atoms with van der Waals surface area (Å²) in [4.78, 5) is 14.2. The zero-order valence-corrected chi connectivity index (χ0v) is 9.94. The van der Waals surface area contributed by atoms with Crippen molar-refractivity contribution in [1.29, 1.82) is 0 Å². The fraction of sp³-hybridized carbons (Fsp3) is 0.400. The summed E-state index contributed by atoms with van der Waals surface area (Å²) in [6, 6.07) is 2.39. The van der Waals surface area contributed by atoms with Crippen LogP contribution in [0.5, 0.6) is 0 Å². The van der Waals surface area contributed by atoms with Gasteiger partial charge in [0.15, 0.2) is 5.03 Å². The Labute approximate surface area is 98.7 Å². The molecule has 92 valence electrons. The molecular weight excluding hydrogens is 244 g/mol. The Morgan fingerprint density at radius 1 is 1.53 bits per heavy atom. The molecule has 0 amide bonds. The number of carboxylic acids is 1. The molecule has 0 aliphatic heterocycles. The van der Waals surface area contributed by atoms with Gasteiger partial charge in [-0.3, -0.25) is 0 Å². The van der Waals surface area contributed by atoms with E-state index in [2.05, 4.69) is 9.71 Å². The zero-order valence-electron chi connectivity index (χ0n) is 9.12. The van der Waals surface area contributed by atoms with Crippen molar-refractivity contribution in [2.24, 2.45) is 5.92 Å². The third-order valence-corrected chi connectivity index (χ3v) is 4.08. The molecule has 2 rings (SSSR count). The van der Waals surface area contributed by atoms with E-state index in [-0.39, 0.29) is 16.6 Å². The first-order valence-electron chi connectivity index (χ1n) is 5.12.